The van der Waals surface area contributed by atoms with Crippen LogP contribution in [-0.4, -0.2) is 12.0 Å². The maximum Gasteiger partial charge on any atom is 0.270 e. The van der Waals surface area contributed by atoms with Gasteiger partial charge < -0.3 is 9.47 Å². The first-order valence-corrected chi connectivity index (χ1v) is 9.58. The van der Waals surface area contributed by atoms with Gasteiger partial charge in [0, 0.05) is 12.1 Å². The second-order valence-corrected chi connectivity index (χ2v) is 7.43. The molecule has 1 aliphatic carbocycles. The topological polar surface area (TPSA) is 61.6 Å². The summed E-state index contributed by atoms with van der Waals surface area (Å²) in [6, 6.07) is 8.96. The first-order chi connectivity index (χ1) is 13.0. The zero-order valence-corrected chi connectivity index (χ0v) is 16.3. The molecule has 27 heavy (non-hydrogen) atoms. The quantitative estimate of drug-likeness (QED) is 0.435. The molecule has 1 saturated carbocycles. The van der Waals surface area contributed by atoms with Crippen molar-refractivity contribution in [2.75, 3.05) is 7.11 Å². The minimum absolute atomic E-state index is 0.0873. The van der Waals surface area contributed by atoms with Gasteiger partial charge in [-0.1, -0.05) is 25.7 Å². The van der Waals surface area contributed by atoms with Gasteiger partial charge in [0.1, 0.15) is 17.2 Å². The molecule has 0 aromatic heterocycles. The van der Waals surface area contributed by atoms with Gasteiger partial charge in [-0.05, 0) is 67.5 Å². The van der Waals surface area contributed by atoms with Gasteiger partial charge in [0.15, 0.2) is 0 Å². The third-order valence-corrected chi connectivity index (χ3v) is 5.42. The molecule has 1 fully saturated rings. The monoisotopic (exact) mass is 369 g/mol. The summed E-state index contributed by atoms with van der Waals surface area (Å²) in [5.74, 6) is 3.11. The zero-order valence-electron chi connectivity index (χ0n) is 16.3. The Morgan fingerprint density at radius 2 is 1.78 bits per heavy atom. The molecule has 0 amide bonds. The highest BCUT2D eigenvalue weighted by molar-refractivity contribution is 5.51. The summed E-state index contributed by atoms with van der Waals surface area (Å²) in [7, 11) is 1.69. The predicted octanol–water partition coefficient (Wildman–Crippen LogP) is 6.14. The molecule has 144 valence electrons. The van der Waals surface area contributed by atoms with Crippen molar-refractivity contribution in [2.45, 2.75) is 52.4 Å². The predicted molar refractivity (Wildman–Crippen MR) is 106 cm³/mol. The van der Waals surface area contributed by atoms with E-state index in [-0.39, 0.29) is 10.6 Å². The molecule has 0 heterocycles. The van der Waals surface area contributed by atoms with Crippen molar-refractivity contribution in [1.29, 1.82) is 0 Å². The summed E-state index contributed by atoms with van der Waals surface area (Å²) in [5, 5.41) is 11.0. The molecule has 1 aliphatic rings. The lowest BCUT2D eigenvalue weighted by atomic mass is 9.97. The molecular weight excluding hydrogens is 342 g/mol. The van der Waals surface area contributed by atoms with Crippen LogP contribution in [0, 0.1) is 29.9 Å². The van der Waals surface area contributed by atoms with Crippen molar-refractivity contribution in [3.63, 3.8) is 0 Å². The van der Waals surface area contributed by atoms with E-state index in [9.17, 15) is 10.1 Å². The molecule has 5 heteroatoms. The summed E-state index contributed by atoms with van der Waals surface area (Å²) in [6.45, 7) is 3.67. The van der Waals surface area contributed by atoms with Crippen molar-refractivity contribution in [3.8, 4) is 17.2 Å². The Morgan fingerprint density at radius 1 is 1.11 bits per heavy atom. The Morgan fingerprint density at radius 3 is 2.37 bits per heavy atom. The normalized spacial score (nSPS) is 14.3. The summed E-state index contributed by atoms with van der Waals surface area (Å²) in [4.78, 5) is 10.6. The largest absolute Gasteiger partial charge is 0.496 e. The molecule has 0 aliphatic heterocycles. The number of nitro benzene ring substituents is 1. The van der Waals surface area contributed by atoms with Crippen molar-refractivity contribution >= 4 is 5.69 Å². The fourth-order valence-electron chi connectivity index (χ4n) is 3.98. The summed E-state index contributed by atoms with van der Waals surface area (Å²) < 4.78 is 11.6. The smallest absolute Gasteiger partial charge is 0.270 e. The van der Waals surface area contributed by atoms with Crippen LogP contribution >= 0.6 is 0 Å². The molecule has 2 aromatic carbocycles. The average molecular weight is 369 g/mol. The van der Waals surface area contributed by atoms with Gasteiger partial charge in [0.25, 0.3) is 5.69 Å². The maximum atomic E-state index is 11.0. The molecule has 0 saturated heterocycles. The molecular formula is C22H27NO4. The van der Waals surface area contributed by atoms with Gasteiger partial charge in [-0.2, -0.15) is 0 Å². The van der Waals surface area contributed by atoms with E-state index >= 15 is 0 Å². The van der Waals surface area contributed by atoms with E-state index < -0.39 is 0 Å². The van der Waals surface area contributed by atoms with E-state index in [0.717, 1.165) is 40.5 Å². The van der Waals surface area contributed by atoms with E-state index in [1.54, 1.807) is 19.2 Å². The fourth-order valence-corrected chi connectivity index (χ4v) is 3.98. The van der Waals surface area contributed by atoms with Crippen LogP contribution in [0.15, 0.2) is 30.3 Å². The van der Waals surface area contributed by atoms with E-state index in [1.165, 1.54) is 32.1 Å². The van der Waals surface area contributed by atoms with E-state index in [1.807, 2.05) is 32.0 Å². The van der Waals surface area contributed by atoms with Crippen molar-refractivity contribution in [3.05, 3.63) is 57.1 Å². The molecule has 0 bridgehead atoms. The van der Waals surface area contributed by atoms with Crippen molar-refractivity contribution < 1.29 is 14.4 Å². The number of ether oxygens (including phenoxy) is 2. The number of rotatable bonds is 7. The Labute approximate surface area is 160 Å². The Balaban J connectivity index is 1.80. The maximum absolute atomic E-state index is 11.0. The van der Waals surface area contributed by atoms with Crippen LogP contribution in [-0.2, 0) is 6.42 Å². The van der Waals surface area contributed by atoms with Crippen LogP contribution < -0.4 is 9.47 Å². The number of methoxy groups -OCH3 is 1. The Bertz CT molecular complexity index is 802. The van der Waals surface area contributed by atoms with Crippen LogP contribution in [0.25, 0.3) is 0 Å². The average Bonchev–Trinajstić information content (AvgIpc) is 3.16. The third-order valence-electron chi connectivity index (χ3n) is 5.42. The van der Waals surface area contributed by atoms with Gasteiger partial charge in [-0.3, -0.25) is 10.1 Å². The number of aryl methyl sites for hydroxylation is 3. The molecule has 3 rings (SSSR count). The molecule has 0 N–H and O–H groups in total. The minimum Gasteiger partial charge on any atom is -0.496 e. The number of non-ortho nitro benzene ring substituents is 1. The van der Waals surface area contributed by atoms with E-state index in [2.05, 4.69) is 0 Å². The van der Waals surface area contributed by atoms with Gasteiger partial charge in [-0.25, -0.2) is 0 Å². The standard InChI is InChI=1S/C22H27NO4/c1-15-12-19(23(24)25)13-16(2)22(15)27-20-10-11-21(26-3)18(14-20)9-8-17-6-4-5-7-17/h10-14,17H,4-9H2,1-3H3. The first-order valence-electron chi connectivity index (χ1n) is 9.58. The second-order valence-electron chi connectivity index (χ2n) is 7.43. The molecule has 0 unspecified atom stereocenters. The molecule has 0 spiro atoms. The molecule has 5 nitrogen and oxygen atoms in total. The number of hydrogen-bond donors (Lipinski definition) is 0. The van der Waals surface area contributed by atoms with E-state index in [4.69, 9.17) is 9.47 Å². The summed E-state index contributed by atoms with van der Waals surface area (Å²) in [5.41, 5.74) is 2.75. The lowest BCUT2D eigenvalue weighted by Crippen LogP contribution is -2.00. The van der Waals surface area contributed by atoms with Crippen molar-refractivity contribution in [2.24, 2.45) is 5.92 Å². The van der Waals surface area contributed by atoms with Crippen LogP contribution in [0.5, 0.6) is 17.2 Å². The Kier molecular flexibility index (Phi) is 5.99. The van der Waals surface area contributed by atoms with Crippen LogP contribution in [0.2, 0.25) is 0 Å². The third kappa shape index (κ3) is 4.59. The SMILES string of the molecule is COc1ccc(Oc2c(C)cc([N+](=O)[O-])cc2C)cc1CCC1CCCC1. The highest BCUT2D eigenvalue weighted by Gasteiger charge is 2.17. The zero-order chi connectivity index (χ0) is 19.4. The second kappa shape index (κ2) is 8.42. The van der Waals surface area contributed by atoms with Gasteiger partial charge in [-0.15, -0.1) is 0 Å². The minimum atomic E-state index is -0.377. The molecule has 2 aromatic rings. The van der Waals surface area contributed by atoms with Gasteiger partial charge in [0.05, 0.1) is 12.0 Å². The highest BCUT2D eigenvalue weighted by atomic mass is 16.6. The highest BCUT2D eigenvalue weighted by Crippen LogP contribution is 2.35. The first kappa shape index (κ1) is 19.2. The lowest BCUT2D eigenvalue weighted by molar-refractivity contribution is -0.385. The summed E-state index contributed by atoms with van der Waals surface area (Å²) in [6.07, 6.45) is 7.52. The number of benzene rings is 2. The van der Waals surface area contributed by atoms with E-state index in [0.29, 0.717) is 5.75 Å². The van der Waals surface area contributed by atoms with Gasteiger partial charge >= 0.3 is 0 Å². The number of nitro groups is 1. The van der Waals surface area contributed by atoms with Crippen LogP contribution in [0.4, 0.5) is 5.69 Å². The molecule has 0 atom stereocenters. The van der Waals surface area contributed by atoms with Crippen LogP contribution in [0.3, 0.4) is 0 Å². The Hall–Kier alpha value is -2.56. The van der Waals surface area contributed by atoms with Crippen molar-refractivity contribution in [1.82, 2.24) is 0 Å². The van der Waals surface area contributed by atoms with Gasteiger partial charge in [0.2, 0.25) is 0 Å². The fraction of sp³-hybridized carbons (Fsp3) is 0.455. The number of nitrogens with zero attached hydrogens (tertiary/aromatic N) is 1. The number of hydrogen-bond acceptors (Lipinski definition) is 4. The molecule has 0 radical (unpaired) electrons. The summed E-state index contributed by atoms with van der Waals surface area (Å²) >= 11 is 0. The van der Waals surface area contributed by atoms with Crippen LogP contribution in [0.1, 0.15) is 48.8 Å². The lowest BCUT2D eigenvalue weighted by Gasteiger charge is -2.15.